The number of carbonyl (C=O) groups is 2. The molecule has 0 saturated carbocycles. The molecule has 3 N–H and O–H groups in total. The molecule has 0 rings (SSSR count). The predicted octanol–water partition coefficient (Wildman–Crippen LogP) is 0.333. The molecule has 0 aromatic rings. The maximum Gasteiger partial charge on any atom is 0.421 e. The first kappa shape index (κ1) is 14.6. The highest BCUT2D eigenvalue weighted by atomic mass is 35.6. The van der Waals surface area contributed by atoms with Gasteiger partial charge in [0.2, 0.25) is 9.70 Å². The van der Waals surface area contributed by atoms with Gasteiger partial charge in [-0.15, -0.1) is 0 Å². The third-order valence-electron chi connectivity index (χ3n) is 1.09. The maximum absolute atomic E-state index is 10.9. The van der Waals surface area contributed by atoms with E-state index in [0.29, 0.717) is 0 Å². The molecule has 0 aromatic heterocycles. The summed E-state index contributed by atoms with van der Waals surface area (Å²) in [6, 6.07) is 0. The lowest BCUT2D eigenvalue weighted by Gasteiger charge is -2.12. The van der Waals surface area contributed by atoms with Crippen molar-refractivity contribution in [3.05, 3.63) is 0 Å². The maximum atomic E-state index is 10.9. The molecule has 0 atom stereocenters. The van der Waals surface area contributed by atoms with Crippen LogP contribution in [0.1, 0.15) is 0 Å². The number of hydrogen-bond acceptors (Lipinski definition) is 4. The minimum absolute atomic E-state index is 0.0840. The van der Waals surface area contributed by atoms with Crippen LogP contribution in [0.5, 0.6) is 0 Å². The molecular formula is C6H10Cl3N3O3. The van der Waals surface area contributed by atoms with Gasteiger partial charge in [0.15, 0.2) is 0 Å². The Balaban J connectivity index is 3.54. The Kier molecular flexibility index (Phi) is 6.75. The summed E-state index contributed by atoms with van der Waals surface area (Å²) in [5.74, 6) is -0.295. The van der Waals surface area contributed by atoms with E-state index in [4.69, 9.17) is 34.8 Å². The Morgan fingerprint density at radius 3 is 2.40 bits per heavy atom. The van der Waals surface area contributed by atoms with Gasteiger partial charge in [0.05, 0.1) is 6.54 Å². The average molecular weight is 279 g/mol. The normalized spacial score (nSPS) is 10.7. The minimum Gasteiger partial charge on any atom is -0.444 e. The van der Waals surface area contributed by atoms with Gasteiger partial charge in [-0.05, 0) is 0 Å². The van der Waals surface area contributed by atoms with Crippen LogP contribution in [0, 0.1) is 0 Å². The van der Waals surface area contributed by atoms with Crippen LogP contribution in [0.15, 0.2) is 0 Å². The Bertz CT molecular complexity index is 231. The van der Waals surface area contributed by atoms with E-state index in [9.17, 15) is 9.59 Å². The fourth-order valence-electron chi connectivity index (χ4n) is 0.468. The second kappa shape index (κ2) is 6.95. The van der Waals surface area contributed by atoms with Crippen molar-refractivity contribution in [3.63, 3.8) is 0 Å². The smallest absolute Gasteiger partial charge is 0.421 e. The third-order valence-corrected chi connectivity index (χ3v) is 1.41. The molecule has 0 unspecified atom stereocenters. The van der Waals surface area contributed by atoms with E-state index in [0.717, 1.165) is 0 Å². The van der Waals surface area contributed by atoms with Crippen molar-refractivity contribution in [2.24, 2.45) is 0 Å². The molecule has 0 radical (unpaired) electrons. The topological polar surface area (TPSA) is 79.5 Å². The Morgan fingerprint density at radius 2 is 1.93 bits per heavy atom. The summed E-state index contributed by atoms with van der Waals surface area (Å²) in [6.07, 6.45) is -0.842. The van der Waals surface area contributed by atoms with Gasteiger partial charge < -0.3 is 10.1 Å². The summed E-state index contributed by atoms with van der Waals surface area (Å²) >= 11 is 16.0. The van der Waals surface area contributed by atoms with Crippen LogP contribution >= 0.6 is 34.8 Å². The van der Waals surface area contributed by atoms with E-state index in [1.807, 2.05) is 0 Å². The highest BCUT2D eigenvalue weighted by molar-refractivity contribution is 6.67. The fraction of sp³-hybridized carbons (Fsp3) is 0.667. The molecular weight excluding hydrogens is 268 g/mol. The predicted molar refractivity (Wildman–Crippen MR) is 56.8 cm³/mol. The van der Waals surface area contributed by atoms with Crippen LogP contribution in [0.3, 0.4) is 0 Å². The molecule has 0 aliphatic heterocycles. The second-order valence-electron chi connectivity index (χ2n) is 2.34. The quantitative estimate of drug-likeness (QED) is 0.511. The van der Waals surface area contributed by atoms with E-state index in [1.54, 1.807) is 0 Å². The van der Waals surface area contributed by atoms with Crippen LogP contribution in [0.4, 0.5) is 4.79 Å². The molecule has 0 aliphatic rings. The summed E-state index contributed by atoms with van der Waals surface area (Å²) < 4.78 is 2.83. The van der Waals surface area contributed by atoms with Gasteiger partial charge in [-0.25, -0.2) is 10.2 Å². The lowest BCUT2D eigenvalue weighted by Crippen LogP contribution is -2.43. The van der Waals surface area contributed by atoms with Crippen LogP contribution in [0.25, 0.3) is 0 Å². The van der Waals surface area contributed by atoms with E-state index in [2.05, 4.69) is 20.9 Å². The number of likely N-dealkylation sites (N-methyl/N-ethyl adjacent to an activating group) is 1. The Labute approximate surface area is 102 Å². The molecule has 6 nitrogen and oxygen atoms in total. The number of halogens is 3. The SMILES string of the molecule is CNC(=O)CNNC(=O)OCC(Cl)(Cl)Cl. The minimum atomic E-state index is -1.65. The second-order valence-corrected chi connectivity index (χ2v) is 4.86. The standard InChI is InChI=1S/C6H10Cl3N3O3/c1-10-4(13)2-11-12-5(14)15-3-6(7,8)9/h11H,2-3H2,1H3,(H,10,13)(H,12,14). The van der Waals surface area contributed by atoms with Crippen molar-refractivity contribution in [3.8, 4) is 0 Å². The van der Waals surface area contributed by atoms with E-state index < -0.39 is 9.89 Å². The van der Waals surface area contributed by atoms with Crippen molar-refractivity contribution in [1.29, 1.82) is 0 Å². The molecule has 0 aliphatic carbocycles. The molecule has 0 spiro atoms. The Hall–Kier alpha value is -0.430. The van der Waals surface area contributed by atoms with Gasteiger partial charge in [-0.2, -0.15) is 0 Å². The molecule has 0 aromatic carbocycles. The number of hydrogen-bond donors (Lipinski definition) is 3. The third kappa shape index (κ3) is 9.86. The highest BCUT2D eigenvalue weighted by Crippen LogP contribution is 2.25. The van der Waals surface area contributed by atoms with E-state index >= 15 is 0 Å². The van der Waals surface area contributed by atoms with Gasteiger partial charge in [-0.3, -0.25) is 10.2 Å². The zero-order valence-corrected chi connectivity index (χ0v) is 10.0. The van der Waals surface area contributed by atoms with Crippen LogP contribution in [-0.4, -0.2) is 36.0 Å². The van der Waals surface area contributed by atoms with Crippen molar-refractivity contribution in [2.45, 2.75) is 3.79 Å². The van der Waals surface area contributed by atoms with Gasteiger partial charge in [-0.1, -0.05) is 34.8 Å². The molecule has 2 amide bonds. The van der Waals surface area contributed by atoms with Gasteiger partial charge >= 0.3 is 6.09 Å². The van der Waals surface area contributed by atoms with E-state index in [-0.39, 0.29) is 19.1 Å². The molecule has 0 saturated heterocycles. The van der Waals surface area contributed by atoms with Gasteiger partial charge in [0, 0.05) is 7.05 Å². The number of alkyl halides is 3. The van der Waals surface area contributed by atoms with Crippen molar-refractivity contribution < 1.29 is 14.3 Å². The monoisotopic (exact) mass is 277 g/mol. The van der Waals surface area contributed by atoms with Crippen molar-refractivity contribution in [2.75, 3.05) is 20.2 Å². The van der Waals surface area contributed by atoms with Crippen molar-refractivity contribution >= 4 is 46.8 Å². The summed E-state index contributed by atoms with van der Waals surface area (Å²) in [5, 5.41) is 2.34. The summed E-state index contributed by atoms with van der Waals surface area (Å²) in [6.45, 7) is -0.468. The van der Waals surface area contributed by atoms with Crippen LogP contribution in [0.2, 0.25) is 0 Å². The molecule has 0 bridgehead atoms. The first-order valence-corrected chi connectivity index (χ1v) is 4.91. The molecule has 0 heterocycles. The fourth-order valence-corrected chi connectivity index (χ4v) is 0.632. The molecule has 0 fully saturated rings. The first-order chi connectivity index (χ1) is 6.85. The van der Waals surface area contributed by atoms with Crippen molar-refractivity contribution in [1.82, 2.24) is 16.2 Å². The molecule has 15 heavy (non-hydrogen) atoms. The number of rotatable bonds is 4. The molecule has 9 heteroatoms. The van der Waals surface area contributed by atoms with Crippen LogP contribution in [-0.2, 0) is 9.53 Å². The lowest BCUT2D eigenvalue weighted by atomic mass is 10.6. The summed E-state index contributed by atoms with van der Waals surface area (Å²) in [4.78, 5) is 21.5. The largest absolute Gasteiger partial charge is 0.444 e. The zero-order valence-electron chi connectivity index (χ0n) is 7.77. The zero-order chi connectivity index (χ0) is 11.9. The number of ether oxygens (including phenoxy) is 1. The van der Waals surface area contributed by atoms with E-state index in [1.165, 1.54) is 7.05 Å². The Morgan fingerprint density at radius 1 is 1.33 bits per heavy atom. The average Bonchev–Trinajstić information content (AvgIpc) is 2.13. The summed E-state index contributed by atoms with van der Waals surface area (Å²) in [7, 11) is 1.46. The molecule has 88 valence electrons. The lowest BCUT2D eigenvalue weighted by molar-refractivity contribution is -0.119. The van der Waals surface area contributed by atoms with Gasteiger partial charge in [0.25, 0.3) is 0 Å². The number of amides is 2. The highest BCUT2D eigenvalue weighted by Gasteiger charge is 2.21. The number of hydrazine groups is 1. The summed E-state index contributed by atoms with van der Waals surface area (Å²) in [5.41, 5.74) is 4.38. The van der Waals surface area contributed by atoms with Gasteiger partial charge in [0.1, 0.15) is 6.61 Å². The number of nitrogens with one attached hydrogen (secondary N) is 3. The number of carbonyl (C=O) groups excluding carboxylic acids is 2. The van der Waals surface area contributed by atoms with Crippen LogP contribution < -0.4 is 16.2 Å². The first-order valence-electron chi connectivity index (χ1n) is 3.78.